The summed E-state index contributed by atoms with van der Waals surface area (Å²) in [6.45, 7) is 0.416. The molecular weight excluding hydrogens is 597 g/mol. The zero-order valence-corrected chi connectivity index (χ0v) is 25.1. The molecule has 13 heteroatoms. The Morgan fingerprint density at radius 3 is 2.58 bits per heavy atom. The van der Waals surface area contributed by atoms with E-state index in [1.54, 1.807) is 66.7 Å². The van der Waals surface area contributed by atoms with Crippen molar-refractivity contribution >= 4 is 40.7 Å². The van der Waals surface area contributed by atoms with Crippen molar-refractivity contribution in [1.29, 1.82) is 0 Å². The van der Waals surface area contributed by atoms with Crippen LogP contribution in [0, 0.1) is 0 Å². The molecule has 0 fully saturated rings. The molecule has 43 heavy (non-hydrogen) atoms. The number of nitrogens with one attached hydrogen (secondary N) is 1. The van der Waals surface area contributed by atoms with Crippen molar-refractivity contribution in [2.24, 2.45) is 10.1 Å². The standard InChI is InChI=1S/C30H31Cl2N5O6/c1-40-26(41-2)18-34-29(39)30(17-20-6-3-4-7-25(20)36-37-33)27(23-13-10-21(31)16-24(23)32)43-28(35-30)19-8-11-22(12-9-19)42-15-5-14-38/h3-4,6-13,16,26-27,38H,5,14-15,17-18H2,1-2H3,(H,34,39)/t27-,30-/m1/s1. The summed E-state index contributed by atoms with van der Waals surface area (Å²) in [6.07, 6.45) is -1.22. The quantitative estimate of drug-likeness (QED) is 0.0744. The van der Waals surface area contributed by atoms with Gasteiger partial charge >= 0.3 is 0 Å². The fourth-order valence-corrected chi connectivity index (χ4v) is 5.17. The van der Waals surface area contributed by atoms with Crippen LogP contribution in [0.5, 0.6) is 5.75 Å². The number of hydrogen-bond acceptors (Lipinski definition) is 8. The molecule has 226 valence electrons. The first-order valence-electron chi connectivity index (χ1n) is 13.4. The van der Waals surface area contributed by atoms with Gasteiger partial charge in [0.25, 0.3) is 5.91 Å². The van der Waals surface area contributed by atoms with Gasteiger partial charge in [-0.15, -0.1) is 0 Å². The highest BCUT2D eigenvalue weighted by Gasteiger charge is 2.54. The predicted molar refractivity (Wildman–Crippen MR) is 163 cm³/mol. The number of benzene rings is 3. The van der Waals surface area contributed by atoms with Crippen LogP contribution in [-0.2, 0) is 25.4 Å². The van der Waals surface area contributed by atoms with E-state index in [0.717, 1.165) is 0 Å². The molecule has 3 aromatic carbocycles. The molecule has 2 atom stereocenters. The molecule has 0 radical (unpaired) electrons. The lowest BCUT2D eigenvalue weighted by Crippen LogP contribution is -2.51. The number of aliphatic hydroxyl groups is 1. The average Bonchev–Trinajstić information content (AvgIpc) is 3.39. The third-order valence-electron chi connectivity index (χ3n) is 6.83. The topological polar surface area (TPSA) is 147 Å². The predicted octanol–water partition coefficient (Wildman–Crippen LogP) is 5.93. The molecular formula is C30H31Cl2N5O6. The van der Waals surface area contributed by atoms with Crippen molar-refractivity contribution in [3.8, 4) is 5.75 Å². The molecule has 3 aromatic rings. The van der Waals surface area contributed by atoms with Gasteiger partial charge in [-0.3, -0.25) is 4.79 Å². The minimum Gasteiger partial charge on any atom is -0.494 e. The SMILES string of the molecule is COC(CNC(=O)[C@]1(Cc2ccccc2N=[N+]=[N-])N=C(c2ccc(OCCCO)cc2)O[C@@H]1c1ccc(Cl)cc1Cl)OC. The summed E-state index contributed by atoms with van der Waals surface area (Å²) in [5.41, 5.74) is 9.58. The number of aliphatic imine (C=N–C) groups is 1. The number of rotatable bonds is 14. The molecule has 0 bridgehead atoms. The molecule has 0 unspecified atom stereocenters. The van der Waals surface area contributed by atoms with E-state index >= 15 is 0 Å². The average molecular weight is 629 g/mol. The fourth-order valence-electron chi connectivity index (χ4n) is 4.66. The highest BCUT2D eigenvalue weighted by molar-refractivity contribution is 6.35. The van der Waals surface area contributed by atoms with Crippen molar-refractivity contribution in [3.63, 3.8) is 0 Å². The molecule has 0 saturated heterocycles. The van der Waals surface area contributed by atoms with Crippen LogP contribution < -0.4 is 10.1 Å². The number of carbonyl (C=O) groups is 1. The number of halogens is 2. The monoisotopic (exact) mass is 627 g/mol. The van der Waals surface area contributed by atoms with Gasteiger partial charge in [-0.25, -0.2) is 4.99 Å². The van der Waals surface area contributed by atoms with Gasteiger partial charge in [-0.2, -0.15) is 0 Å². The van der Waals surface area contributed by atoms with Crippen LogP contribution in [0.3, 0.4) is 0 Å². The Morgan fingerprint density at radius 1 is 1.16 bits per heavy atom. The summed E-state index contributed by atoms with van der Waals surface area (Å²) in [7, 11) is 2.93. The zero-order chi connectivity index (χ0) is 30.8. The highest BCUT2D eigenvalue weighted by Crippen LogP contribution is 2.46. The number of aliphatic hydroxyl groups excluding tert-OH is 1. The number of methoxy groups -OCH3 is 2. The second-order valence-electron chi connectivity index (χ2n) is 9.56. The van der Waals surface area contributed by atoms with E-state index in [0.29, 0.717) is 46.2 Å². The third-order valence-corrected chi connectivity index (χ3v) is 7.40. The maximum Gasteiger partial charge on any atom is 0.252 e. The summed E-state index contributed by atoms with van der Waals surface area (Å²) in [5, 5.41) is 16.5. The van der Waals surface area contributed by atoms with Gasteiger partial charge < -0.3 is 29.4 Å². The van der Waals surface area contributed by atoms with Crippen molar-refractivity contribution in [3.05, 3.63) is 104 Å². The minimum atomic E-state index is -1.61. The number of amides is 1. The highest BCUT2D eigenvalue weighted by atomic mass is 35.5. The van der Waals surface area contributed by atoms with Gasteiger partial charge in [0.05, 0.1) is 13.2 Å². The number of ether oxygens (including phenoxy) is 4. The Balaban J connectivity index is 1.85. The molecule has 2 N–H and O–H groups in total. The second kappa shape index (κ2) is 15.1. The first kappa shape index (κ1) is 32.1. The van der Waals surface area contributed by atoms with Crippen LogP contribution in [0.4, 0.5) is 5.69 Å². The van der Waals surface area contributed by atoms with Crippen molar-refractivity contribution in [1.82, 2.24) is 5.32 Å². The Morgan fingerprint density at radius 2 is 1.91 bits per heavy atom. The molecule has 4 rings (SSSR count). The molecule has 0 aliphatic carbocycles. The minimum absolute atomic E-state index is 0.00582. The Bertz CT molecular complexity index is 1490. The van der Waals surface area contributed by atoms with Crippen molar-refractivity contribution in [2.75, 3.05) is 34.0 Å². The molecule has 1 aliphatic heterocycles. The molecule has 0 saturated carbocycles. The van der Waals surface area contributed by atoms with Crippen LogP contribution in [0.2, 0.25) is 10.0 Å². The Hall–Kier alpha value is -3.83. The van der Waals surface area contributed by atoms with E-state index in [1.807, 2.05) is 0 Å². The third kappa shape index (κ3) is 7.58. The van der Waals surface area contributed by atoms with Gasteiger partial charge in [-0.05, 0) is 47.5 Å². The van der Waals surface area contributed by atoms with Crippen LogP contribution >= 0.6 is 23.2 Å². The lowest BCUT2D eigenvalue weighted by Gasteiger charge is -2.32. The number of hydrogen-bond donors (Lipinski definition) is 2. The second-order valence-corrected chi connectivity index (χ2v) is 10.4. The Kier molecular flexibility index (Phi) is 11.2. The van der Waals surface area contributed by atoms with Crippen LogP contribution in [-0.4, -0.2) is 62.7 Å². The van der Waals surface area contributed by atoms with Gasteiger partial charge in [0, 0.05) is 65.4 Å². The van der Waals surface area contributed by atoms with E-state index < -0.39 is 23.8 Å². The van der Waals surface area contributed by atoms with Crippen LogP contribution in [0.25, 0.3) is 10.4 Å². The van der Waals surface area contributed by atoms with E-state index in [2.05, 4.69) is 15.3 Å². The number of nitrogens with zero attached hydrogens (tertiary/aromatic N) is 4. The molecule has 0 spiro atoms. The van der Waals surface area contributed by atoms with Gasteiger partial charge in [0.1, 0.15) is 5.75 Å². The largest absolute Gasteiger partial charge is 0.494 e. The lowest BCUT2D eigenvalue weighted by atomic mass is 9.81. The van der Waals surface area contributed by atoms with Crippen molar-refractivity contribution < 1.29 is 28.8 Å². The van der Waals surface area contributed by atoms with E-state index in [1.165, 1.54) is 14.2 Å². The molecule has 11 nitrogen and oxygen atoms in total. The smallest absolute Gasteiger partial charge is 0.252 e. The van der Waals surface area contributed by atoms with E-state index in [4.69, 9.17) is 52.2 Å². The molecule has 1 amide bonds. The first-order valence-corrected chi connectivity index (χ1v) is 14.1. The summed E-state index contributed by atoms with van der Waals surface area (Å²) in [6, 6.07) is 18.9. The zero-order valence-electron chi connectivity index (χ0n) is 23.6. The maximum absolute atomic E-state index is 14.3. The number of carbonyl (C=O) groups excluding carboxylic acids is 1. The summed E-state index contributed by atoms with van der Waals surface area (Å²) in [4.78, 5) is 22.2. The molecule has 1 heterocycles. The summed E-state index contributed by atoms with van der Waals surface area (Å²) in [5.74, 6) is 0.312. The molecule has 1 aliphatic rings. The van der Waals surface area contributed by atoms with E-state index in [9.17, 15) is 10.3 Å². The van der Waals surface area contributed by atoms with Gasteiger partial charge in [0.15, 0.2) is 17.9 Å². The fraction of sp³-hybridized carbons (Fsp3) is 0.333. The lowest BCUT2D eigenvalue weighted by molar-refractivity contribution is -0.134. The Labute approximate surface area is 259 Å². The maximum atomic E-state index is 14.3. The normalized spacial score (nSPS) is 17.6. The van der Waals surface area contributed by atoms with Gasteiger partial charge in [0.2, 0.25) is 5.90 Å². The summed E-state index contributed by atoms with van der Waals surface area (Å²) >= 11 is 12.9. The molecule has 0 aromatic heterocycles. The van der Waals surface area contributed by atoms with Crippen molar-refractivity contribution in [2.45, 2.75) is 30.8 Å². The van der Waals surface area contributed by atoms with Crippen LogP contribution in [0.1, 0.15) is 29.2 Å². The first-order chi connectivity index (χ1) is 20.8. The van der Waals surface area contributed by atoms with E-state index in [-0.39, 0.29) is 30.5 Å². The number of azide groups is 1. The summed E-state index contributed by atoms with van der Waals surface area (Å²) < 4.78 is 22.7. The van der Waals surface area contributed by atoms with Crippen LogP contribution in [0.15, 0.2) is 76.8 Å². The van der Waals surface area contributed by atoms with Gasteiger partial charge in [-0.1, -0.05) is 58.6 Å².